The van der Waals surface area contributed by atoms with E-state index < -0.39 is 17.6 Å². The number of morpholine rings is 1. The topological polar surface area (TPSA) is 59.1 Å². The van der Waals surface area contributed by atoms with Gasteiger partial charge < -0.3 is 14.4 Å². The molecule has 32 heavy (non-hydrogen) atoms. The van der Waals surface area contributed by atoms with Gasteiger partial charge >= 0.3 is 0 Å². The minimum Gasteiger partial charge on any atom is -0.494 e. The third-order valence-corrected chi connectivity index (χ3v) is 5.70. The van der Waals surface area contributed by atoms with Crippen molar-refractivity contribution in [3.63, 3.8) is 0 Å². The molecule has 1 fully saturated rings. The smallest absolute Gasteiger partial charge is 0.282 e. The number of benzene rings is 2. The van der Waals surface area contributed by atoms with Crippen LogP contribution in [0.1, 0.15) is 26.3 Å². The Morgan fingerprint density at radius 3 is 2.31 bits per heavy atom. The molecule has 168 valence electrons. The molecular weight excluding hydrogens is 435 g/mol. The lowest BCUT2D eigenvalue weighted by atomic mass is 10.0. The number of amides is 2. The second kappa shape index (κ2) is 8.92. The first-order chi connectivity index (χ1) is 15.3. The van der Waals surface area contributed by atoms with Crippen LogP contribution in [-0.4, -0.2) is 48.6 Å². The second-order valence-corrected chi connectivity index (χ2v) is 8.29. The molecule has 0 saturated carbocycles. The van der Waals surface area contributed by atoms with Crippen LogP contribution in [0.2, 0.25) is 5.02 Å². The molecule has 2 aromatic rings. The summed E-state index contributed by atoms with van der Waals surface area (Å²) >= 11 is 5.93. The molecular formula is C24H24ClFN2O4. The van der Waals surface area contributed by atoms with Gasteiger partial charge in [-0.05, 0) is 56.7 Å². The monoisotopic (exact) mass is 458 g/mol. The highest BCUT2D eigenvalue weighted by Gasteiger charge is 2.44. The van der Waals surface area contributed by atoms with Crippen LogP contribution in [0.3, 0.4) is 0 Å². The van der Waals surface area contributed by atoms with Crippen LogP contribution < -0.4 is 9.64 Å². The van der Waals surface area contributed by atoms with Crippen LogP contribution in [0, 0.1) is 5.82 Å². The molecule has 0 N–H and O–H groups in total. The van der Waals surface area contributed by atoms with E-state index in [1.807, 2.05) is 25.7 Å². The standard InChI is InChI=1S/C24H24ClFN2O4/c1-4-31-18-8-5-16(6-9-18)21-22(27-12-14(2)32-15(3)13-27)24(30)28(23(21)29)17-7-10-20(26)19(25)11-17/h5-11,14-15H,4,12-13H2,1-3H3. The lowest BCUT2D eigenvalue weighted by Crippen LogP contribution is -2.47. The molecule has 2 heterocycles. The molecule has 4 rings (SSSR count). The fraction of sp³-hybridized carbons (Fsp3) is 0.333. The first-order valence-electron chi connectivity index (χ1n) is 10.5. The van der Waals surface area contributed by atoms with Crippen LogP contribution in [0.25, 0.3) is 5.57 Å². The summed E-state index contributed by atoms with van der Waals surface area (Å²) < 4.78 is 25.0. The number of carbonyl (C=O) groups excluding carboxylic acids is 2. The van der Waals surface area contributed by atoms with Gasteiger partial charge in [0.25, 0.3) is 11.8 Å². The van der Waals surface area contributed by atoms with E-state index in [4.69, 9.17) is 21.1 Å². The molecule has 2 aliphatic rings. The van der Waals surface area contributed by atoms with Gasteiger partial charge in [0.15, 0.2) is 0 Å². The van der Waals surface area contributed by atoms with Gasteiger partial charge in [0, 0.05) is 13.1 Å². The van der Waals surface area contributed by atoms with E-state index in [0.717, 1.165) is 11.0 Å². The third-order valence-electron chi connectivity index (χ3n) is 5.41. The largest absolute Gasteiger partial charge is 0.494 e. The predicted molar refractivity (Wildman–Crippen MR) is 120 cm³/mol. The van der Waals surface area contributed by atoms with E-state index in [-0.39, 0.29) is 22.9 Å². The van der Waals surface area contributed by atoms with Crippen molar-refractivity contribution in [3.8, 4) is 5.75 Å². The molecule has 2 aromatic carbocycles. The van der Waals surface area contributed by atoms with Gasteiger partial charge in [-0.25, -0.2) is 9.29 Å². The van der Waals surface area contributed by atoms with Gasteiger partial charge in [0.1, 0.15) is 17.3 Å². The summed E-state index contributed by atoms with van der Waals surface area (Å²) in [7, 11) is 0. The highest BCUT2D eigenvalue weighted by molar-refractivity contribution is 6.45. The number of imide groups is 1. The Morgan fingerprint density at radius 2 is 1.72 bits per heavy atom. The molecule has 8 heteroatoms. The minimum absolute atomic E-state index is 0.106. The van der Waals surface area contributed by atoms with Crippen molar-refractivity contribution < 1.29 is 23.5 Å². The Morgan fingerprint density at radius 1 is 1.06 bits per heavy atom. The third kappa shape index (κ3) is 4.10. The van der Waals surface area contributed by atoms with Crippen molar-refractivity contribution in [1.29, 1.82) is 0 Å². The average Bonchev–Trinajstić information content (AvgIpc) is 3.00. The highest BCUT2D eigenvalue weighted by atomic mass is 35.5. The Labute approximate surface area is 191 Å². The molecule has 2 aliphatic heterocycles. The summed E-state index contributed by atoms with van der Waals surface area (Å²) in [5, 5.41) is -0.159. The van der Waals surface area contributed by atoms with E-state index in [1.54, 1.807) is 24.3 Å². The van der Waals surface area contributed by atoms with E-state index in [1.165, 1.54) is 12.1 Å². The molecule has 6 nitrogen and oxygen atoms in total. The summed E-state index contributed by atoms with van der Waals surface area (Å²) in [5.41, 5.74) is 1.42. The van der Waals surface area contributed by atoms with Gasteiger partial charge in [0.05, 0.1) is 35.1 Å². The van der Waals surface area contributed by atoms with Crippen molar-refractivity contribution in [2.45, 2.75) is 33.0 Å². The molecule has 2 atom stereocenters. The molecule has 2 unspecified atom stereocenters. The van der Waals surface area contributed by atoms with E-state index in [2.05, 4.69) is 0 Å². The number of nitrogens with zero attached hydrogens (tertiary/aromatic N) is 2. The highest BCUT2D eigenvalue weighted by Crippen LogP contribution is 2.37. The molecule has 0 aromatic heterocycles. The van der Waals surface area contributed by atoms with Gasteiger partial charge in [-0.1, -0.05) is 23.7 Å². The zero-order chi connectivity index (χ0) is 23.0. The zero-order valence-electron chi connectivity index (χ0n) is 18.1. The number of halogens is 2. The molecule has 0 radical (unpaired) electrons. The quantitative estimate of drug-likeness (QED) is 0.626. The summed E-state index contributed by atoms with van der Waals surface area (Å²) in [5.74, 6) is -0.900. The molecule has 0 spiro atoms. The van der Waals surface area contributed by atoms with E-state index in [0.29, 0.717) is 42.3 Å². The van der Waals surface area contributed by atoms with Crippen molar-refractivity contribution >= 4 is 34.7 Å². The number of hydrogen-bond donors (Lipinski definition) is 0. The van der Waals surface area contributed by atoms with Gasteiger partial charge in [-0.2, -0.15) is 0 Å². The predicted octanol–water partition coefficient (Wildman–Crippen LogP) is 4.27. The Balaban J connectivity index is 1.81. The maximum Gasteiger partial charge on any atom is 0.282 e. The van der Waals surface area contributed by atoms with E-state index in [9.17, 15) is 14.0 Å². The molecule has 0 aliphatic carbocycles. The first-order valence-corrected chi connectivity index (χ1v) is 10.9. The Kier molecular flexibility index (Phi) is 6.22. The summed E-state index contributed by atoms with van der Waals surface area (Å²) in [6, 6.07) is 10.9. The summed E-state index contributed by atoms with van der Waals surface area (Å²) in [6.07, 6.45) is -0.213. The lowest BCUT2D eigenvalue weighted by molar-refractivity contribution is -0.121. The molecule has 0 bridgehead atoms. The van der Waals surface area contributed by atoms with Crippen LogP contribution in [-0.2, 0) is 14.3 Å². The maximum absolute atomic E-state index is 13.7. The molecule has 1 saturated heterocycles. The Bertz CT molecular complexity index is 1080. The van der Waals surface area contributed by atoms with Crippen LogP contribution >= 0.6 is 11.6 Å². The van der Waals surface area contributed by atoms with E-state index >= 15 is 0 Å². The number of carbonyl (C=O) groups is 2. The van der Waals surface area contributed by atoms with Gasteiger partial charge in [-0.15, -0.1) is 0 Å². The first kappa shape index (κ1) is 22.3. The Hall–Kier alpha value is -2.90. The maximum atomic E-state index is 13.7. The van der Waals surface area contributed by atoms with Crippen LogP contribution in [0.15, 0.2) is 48.2 Å². The van der Waals surface area contributed by atoms with Crippen molar-refractivity contribution in [3.05, 3.63) is 64.6 Å². The SMILES string of the molecule is CCOc1ccc(C2=C(N3CC(C)OC(C)C3)C(=O)N(c3ccc(F)c(Cl)c3)C2=O)cc1. The van der Waals surface area contributed by atoms with Gasteiger partial charge in [-0.3, -0.25) is 9.59 Å². The number of hydrogen-bond acceptors (Lipinski definition) is 5. The summed E-state index contributed by atoms with van der Waals surface area (Å²) in [4.78, 5) is 30.1. The van der Waals surface area contributed by atoms with Crippen molar-refractivity contribution in [2.75, 3.05) is 24.6 Å². The normalized spacial score (nSPS) is 21.5. The summed E-state index contributed by atoms with van der Waals surface area (Å²) in [6.45, 7) is 7.21. The van der Waals surface area contributed by atoms with Gasteiger partial charge in [0.2, 0.25) is 0 Å². The van der Waals surface area contributed by atoms with Crippen molar-refractivity contribution in [1.82, 2.24) is 4.90 Å². The van der Waals surface area contributed by atoms with Crippen molar-refractivity contribution in [2.24, 2.45) is 0 Å². The average molecular weight is 459 g/mol. The van der Waals surface area contributed by atoms with Crippen LogP contribution in [0.5, 0.6) is 5.75 Å². The fourth-order valence-electron chi connectivity index (χ4n) is 4.18. The zero-order valence-corrected chi connectivity index (χ0v) is 18.9. The number of ether oxygens (including phenoxy) is 2. The molecule has 2 amide bonds. The fourth-order valence-corrected chi connectivity index (χ4v) is 4.35. The lowest BCUT2D eigenvalue weighted by Gasteiger charge is -2.37. The van der Waals surface area contributed by atoms with Crippen LogP contribution in [0.4, 0.5) is 10.1 Å². The number of anilines is 1. The minimum atomic E-state index is -0.620. The number of rotatable bonds is 5. The second-order valence-electron chi connectivity index (χ2n) is 7.89.